The Morgan fingerprint density at radius 2 is 1.92 bits per heavy atom. The molecule has 1 aromatic heterocycles. The summed E-state index contributed by atoms with van der Waals surface area (Å²) in [6, 6.07) is 14.8. The second-order valence-corrected chi connectivity index (χ2v) is 5.08. The molecular formula is C19H17NO4. The van der Waals surface area contributed by atoms with Crippen LogP contribution in [0.1, 0.15) is 5.76 Å². The highest BCUT2D eigenvalue weighted by atomic mass is 16.5. The molecule has 0 saturated heterocycles. The minimum absolute atomic E-state index is 0.279. The van der Waals surface area contributed by atoms with E-state index in [4.69, 9.17) is 13.9 Å². The molecule has 0 saturated carbocycles. The van der Waals surface area contributed by atoms with Gasteiger partial charge in [0.05, 0.1) is 19.9 Å². The number of amides is 1. The predicted molar refractivity (Wildman–Crippen MR) is 93.4 cm³/mol. The summed E-state index contributed by atoms with van der Waals surface area (Å²) in [6.45, 7) is 0. The fraction of sp³-hybridized carbons (Fsp3) is 0.105. The summed E-state index contributed by atoms with van der Waals surface area (Å²) in [5, 5.41) is 3.76. The van der Waals surface area contributed by atoms with Gasteiger partial charge in [0.15, 0.2) is 0 Å². The maximum atomic E-state index is 12.1. The number of fused-ring (bicyclic) bond motifs is 1. The monoisotopic (exact) mass is 323 g/mol. The Hall–Kier alpha value is -3.21. The highest BCUT2D eigenvalue weighted by Crippen LogP contribution is 2.29. The van der Waals surface area contributed by atoms with Crippen LogP contribution in [-0.2, 0) is 4.79 Å². The zero-order valence-corrected chi connectivity index (χ0v) is 13.4. The molecule has 2 aromatic carbocycles. The summed E-state index contributed by atoms with van der Waals surface area (Å²) in [6.07, 6.45) is 3.05. The van der Waals surface area contributed by atoms with Crippen LogP contribution in [0.15, 0.2) is 59.0 Å². The van der Waals surface area contributed by atoms with Crippen molar-refractivity contribution in [1.29, 1.82) is 0 Å². The number of para-hydroxylation sites is 1. The number of anilines is 1. The Bertz CT molecular complexity index is 862. The van der Waals surface area contributed by atoms with Gasteiger partial charge in [-0.05, 0) is 30.3 Å². The van der Waals surface area contributed by atoms with E-state index in [1.165, 1.54) is 13.2 Å². The zero-order chi connectivity index (χ0) is 16.9. The molecule has 0 radical (unpaired) electrons. The van der Waals surface area contributed by atoms with Crippen LogP contribution in [0.5, 0.6) is 11.5 Å². The van der Waals surface area contributed by atoms with Crippen LogP contribution in [0.25, 0.3) is 17.0 Å². The molecule has 5 nitrogen and oxygen atoms in total. The van der Waals surface area contributed by atoms with Gasteiger partial charge in [-0.1, -0.05) is 18.2 Å². The third-order valence-electron chi connectivity index (χ3n) is 3.51. The van der Waals surface area contributed by atoms with Gasteiger partial charge in [0.1, 0.15) is 22.8 Å². The SMILES string of the molecule is COc1ccc(NC(=O)C=Cc2cc3ccccc3o2)c(OC)c1. The van der Waals surface area contributed by atoms with Gasteiger partial charge in [-0.2, -0.15) is 0 Å². The number of methoxy groups -OCH3 is 2. The molecule has 1 heterocycles. The number of furan rings is 1. The van der Waals surface area contributed by atoms with Gasteiger partial charge in [0.2, 0.25) is 5.91 Å². The van der Waals surface area contributed by atoms with E-state index in [0.29, 0.717) is 22.9 Å². The van der Waals surface area contributed by atoms with Gasteiger partial charge in [0.25, 0.3) is 0 Å². The summed E-state index contributed by atoms with van der Waals surface area (Å²) >= 11 is 0. The summed E-state index contributed by atoms with van der Waals surface area (Å²) in [5.74, 6) is 1.52. The second kappa shape index (κ2) is 6.91. The maximum Gasteiger partial charge on any atom is 0.248 e. The highest BCUT2D eigenvalue weighted by Gasteiger charge is 2.07. The Morgan fingerprint density at radius 3 is 2.67 bits per heavy atom. The number of benzene rings is 2. The van der Waals surface area contributed by atoms with Gasteiger partial charge in [-0.3, -0.25) is 4.79 Å². The Balaban J connectivity index is 1.73. The second-order valence-electron chi connectivity index (χ2n) is 5.08. The highest BCUT2D eigenvalue weighted by molar-refractivity contribution is 6.02. The molecule has 1 N–H and O–H groups in total. The fourth-order valence-corrected chi connectivity index (χ4v) is 2.32. The van der Waals surface area contributed by atoms with E-state index >= 15 is 0 Å². The molecule has 0 bridgehead atoms. The average Bonchev–Trinajstić information content (AvgIpc) is 3.03. The quantitative estimate of drug-likeness (QED) is 0.718. The van der Waals surface area contributed by atoms with Gasteiger partial charge in [-0.25, -0.2) is 0 Å². The normalized spacial score (nSPS) is 10.9. The lowest BCUT2D eigenvalue weighted by Crippen LogP contribution is -2.08. The molecule has 24 heavy (non-hydrogen) atoms. The van der Waals surface area contributed by atoms with Crippen LogP contribution >= 0.6 is 0 Å². The molecule has 0 atom stereocenters. The molecule has 3 rings (SSSR count). The van der Waals surface area contributed by atoms with E-state index in [2.05, 4.69) is 5.32 Å². The first-order valence-corrected chi connectivity index (χ1v) is 7.39. The van der Waals surface area contributed by atoms with Crippen molar-refractivity contribution in [3.05, 3.63) is 60.4 Å². The average molecular weight is 323 g/mol. The van der Waals surface area contributed by atoms with Gasteiger partial charge < -0.3 is 19.2 Å². The number of rotatable bonds is 5. The van der Waals surface area contributed by atoms with Gasteiger partial charge in [0, 0.05) is 17.5 Å². The smallest absolute Gasteiger partial charge is 0.248 e. The van der Waals surface area contributed by atoms with E-state index in [9.17, 15) is 4.79 Å². The third kappa shape index (κ3) is 3.41. The lowest BCUT2D eigenvalue weighted by atomic mass is 10.2. The molecule has 0 aliphatic rings. The largest absolute Gasteiger partial charge is 0.497 e. The van der Waals surface area contributed by atoms with Crippen molar-refractivity contribution in [2.45, 2.75) is 0 Å². The molecule has 0 unspecified atom stereocenters. The van der Waals surface area contributed by atoms with Crippen molar-refractivity contribution in [2.75, 3.05) is 19.5 Å². The summed E-state index contributed by atoms with van der Waals surface area (Å²) in [7, 11) is 3.11. The number of ether oxygens (including phenoxy) is 2. The molecule has 1 amide bonds. The summed E-state index contributed by atoms with van der Waals surface area (Å²) in [4.78, 5) is 12.1. The first kappa shape index (κ1) is 15.7. The van der Waals surface area contributed by atoms with E-state index in [1.54, 1.807) is 31.4 Å². The topological polar surface area (TPSA) is 60.7 Å². The van der Waals surface area contributed by atoms with E-state index in [1.807, 2.05) is 30.3 Å². The molecule has 0 aliphatic heterocycles. The van der Waals surface area contributed by atoms with Crippen LogP contribution in [0, 0.1) is 0 Å². The van der Waals surface area contributed by atoms with Crippen molar-refractivity contribution in [3.8, 4) is 11.5 Å². The summed E-state index contributed by atoms with van der Waals surface area (Å²) in [5.41, 5.74) is 1.35. The molecule has 0 aliphatic carbocycles. The molecular weight excluding hydrogens is 306 g/mol. The van der Waals surface area contributed by atoms with Crippen molar-refractivity contribution in [2.24, 2.45) is 0 Å². The van der Waals surface area contributed by atoms with Crippen LogP contribution in [-0.4, -0.2) is 20.1 Å². The first-order chi connectivity index (χ1) is 11.7. The molecule has 0 spiro atoms. The zero-order valence-electron chi connectivity index (χ0n) is 13.4. The predicted octanol–water partition coefficient (Wildman–Crippen LogP) is 4.10. The lowest BCUT2D eigenvalue weighted by Gasteiger charge is -2.10. The summed E-state index contributed by atoms with van der Waals surface area (Å²) < 4.78 is 16.0. The van der Waals surface area contributed by atoms with Crippen LogP contribution < -0.4 is 14.8 Å². The standard InChI is InChI=1S/C19H17NO4/c1-22-14-7-9-16(18(12-14)23-2)20-19(21)10-8-15-11-13-5-3-4-6-17(13)24-15/h3-12H,1-2H3,(H,20,21). The number of hydrogen-bond acceptors (Lipinski definition) is 4. The van der Waals surface area contributed by atoms with Crippen molar-refractivity contribution >= 4 is 28.6 Å². The van der Waals surface area contributed by atoms with Crippen LogP contribution in [0.2, 0.25) is 0 Å². The van der Waals surface area contributed by atoms with Crippen molar-refractivity contribution in [3.63, 3.8) is 0 Å². The van der Waals surface area contributed by atoms with Gasteiger partial charge in [-0.15, -0.1) is 0 Å². The van der Waals surface area contributed by atoms with Crippen LogP contribution in [0.3, 0.4) is 0 Å². The van der Waals surface area contributed by atoms with Gasteiger partial charge >= 0.3 is 0 Å². The number of hydrogen-bond donors (Lipinski definition) is 1. The van der Waals surface area contributed by atoms with E-state index in [-0.39, 0.29) is 5.91 Å². The maximum absolute atomic E-state index is 12.1. The number of carbonyl (C=O) groups excluding carboxylic acids is 1. The molecule has 0 fully saturated rings. The van der Waals surface area contributed by atoms with Crippen LogP contribution in [0.4, 0.5) is 5.69 Å². The Labute approximate surface area is 139 Å². The minimum atomic E-state index is -0.279. The molecule has 122 valence electrons. The minimum Gasteiger partial charge on any atom is -0.497 e. The van der Waals surface area contributed by atoms with E-state index in [0.717, 1.165) is 11.0 Å². The number of carbonyl (C=O) groups is 1. The van der Waals surface area contributed by atoms with E-state index < -0.39 is 0 Å². The van der Waals surface area contributed by atoms with Crippen molar-refractivity contribution in [1.82, 2.24) is 0 Å². The lowest BCUT2D eigenvalue weighted by molar-refractivity contribution is -0.111. The fourth-order valence-electron chi connectivity index (χ4n) is 2.32. The Morgan fingerprint density at radius 1 is 1.08 bits per heavy atom. The number of nitrogens with one attached hydrogen (secondary N) is 1. The van der Waals surface area contributed by atoms with Crippen molar-refractivity contribution < 1.29 is 18.7 Å². The third-order valence-corrected chi connectivity index (χ3v) is 3.51. The Kier molecular flexibility index (Phi) is 4.52. The molecule has 3 aromatic rings. The first-order valence-electron chi connectivity index (χ1n) is 7.39. The molecule has 5 heteroatoms.